The second kappa shape index (κ2) is 8.31. The summed E-state index contributed by atoms with van der Waals surface area (Å²) < 4.78 is 0. The molecule has 0 amide bonds. The van der Waals surface area contributed by atoms with Gasteiger partial charge in [-0.05, 0) is 43.7 Å². The van der Waals surface area contributed by atoms with Gasteiger partial charge in [0, 0.05) is 43.2 Å². The number of pyridine rings is 2. The number of aryl methyl sites for hydroxylation is 1. The summed E-state index contributed by atoms with van der Waals surface area (Å²) >= 11 is 0. The van der Waals surface area contributed by atoms with E-state index in [1.165, 1.54) is 5.56 Å². The fraction of sp³-hybridized carbons (Fsp3) is 0.261. The Labute approximate surface area is 165 Å². The van der Waals surface area contributed by atoms with E-state index in [1.54, 1.807) is 18.5 Å². The number of rotatable bonds is 4. The second-order valence-corrected chi connectivity index (χ2v) is 7.13. The Morgan fingerprint density at radius 3 is 2.71 bits per heavy atom. The van der Waals surface area contributed by atoms with Crippen molar-refractivity contribution in [2.45, 2.75) is 13.3 Å². The van der Waals surface area contributed by atoms with Crippen molar-refractivity contribution in [1.29, 1.82) is 0 Å². The fourth-order valence-electron chi connectivity index (χ4n) is 3.42. The van der Waals surface area contributed by atoms with Crippen molar-refractivity contribution in [3.8, 4) is 11.1 Å². The van der Waals surface area contributed by atoms with Crippen molar-refractivity contribution >= 4 is 11.6 Å². The molecule has 4 rings (SSSR count). The van der Waals surface area contributed by atoms with Crippen molar-refractivity contribution in [3.63, 3.8) is 0 Å². The molecule has 0 atom stereocenters. The summed E-state index contributed by atoms with van der Waals surface area (Å²) in [7, 11) is 0. The summed E-state index contributed by atoms with van der Waals surface area (Å²) in [5.74, 6) is 0.758. The molecule has 5 heteroatoms. The fourth-order valence-corrected chi connectivity index (χ4v) is 3.42. The molecule has 1 aromatic carbocycles. The van der Waals surface area contributed by atoms with Gasteiger partial charge in [0.1, 0.15) is 11.5 Å². The number of anilines is 1. The van der Waals surface area contributed by atoms with Gasteiger partial charge < -0.3 is 10.2 Å². The lowest BCUT2D eigenvalue weighted by Crippen LogP contribution is -2.28. The highest BCUT2D eigenvalue weighted by Crippen LogP contribution is 2.21. The van der Waals surface area contributed by atoms with Crippen LogP contribution in [0.2, 0.25) is 0 Å². The summed E-state index contributed by atoms with van der Waals surface area (Å²) in [5, 5.41) is 3.39. The summed E-state index contributed by atoms with van der Waals surface area (Å²) in [6, 6.07) is 15.8. The zero-order valence-corrected chi connectivity index (χ0v) is 16.1. The molecule has 0 spiro atoms. The van der Waals surface area contributed by atoms with E-state index in [4.69, 9.17) is 0 Å². The first-order valence-corrected chi connectivity index (χ1v) is 9.70. The van der Waals surface area contributed by atoms with Crippen molar-refractivity contribution in [3.05, 3.63) is 77.7 Å². The largest absolute Gasteiger partial charge is 0.355 e. The zero-order chi connectivity index (χ0) is 19.3. The molecule has 1 N–H and O–H groups in total. The Morgan fingerprint density at radius 2 is 1.86 bits per heavy atom. The lowest BCUT2D eigenvalue weighted by atomic mass is 10.0. The van der Waals surface area contributed by atoms with Gasteiger partial charge in [0.2, 0.25) is 5.78 Å². The Hall–Kier alpha value is -3.05. The van der Waals surface area contributed by atoms with Gasteiger partial charge in [-0.1, -0.05) is 35.9 Å². The number of nitrogens with one attached hydrogen (secondary N) is 1. The molecule has 5 nitrogen and oxygen atoms in total. The smallest absolute Gasteiger partial charge is 0.212 e. The first-order chi connectivity index (χ1) is 13.7. The molecule has 28 heavy (non-hydrogen) atoms. The molecular formula is C23H24N4O. The minimum absolute atomic E-state index is 0.101. The van der Waals surface area contributed by atoms with Gasteiger partial charge in [0.15, 0.2) is 0 Å². The summed E-state index contributed by atoms with van der Waals surface area (Å²) in [5.41, 5.74) is 4.19. The first-order valence-electron chi connectivity index (χ1n) is 9.70. The monoisotopic (exact) mass is 372 g/mol. The predicted octanol–water partition coefficient (Wildman–Crippen LogP) is 3.48. The van der Waals surface area contributed by atoms with E-state index in [9.17, 15) is 4.79 Å². The van der Waals surface area contributed by atoms with E-state index in [0.717, 1.165) is 49.5 Å². The number of benzene rings is 1. The van der Waals surface area contributed by atoms with Gasteiger partial charge in [-0.15, -0.1) is 0 Å². The van der Waals surface area contributed by atoms with Gasteiger partial charge in [0.05, 0.1) is 0 Å². The van der Waals surface area contributed by atoms with Crippen molar-refractivity contribution in [2.24, 2.45) is 0 Å². The maximum atomic E-state index is 13.1. The van der Waals surface area contributed by atoms with Gasteiger partial charge in [-0.2, -0.15) is 0 Å². The Kier molecular flexibility index (Phi) is 5.44. The van der Waals surface area contributed by atoms with Crippen LogP contribution in [0.4, 0.5) is 5.82 Å². The van der Waals surface area contributed by atoms with Crippen LogP contribution in [0, 0.1) is 6.92 Å². The third-order valence-corrected chi connectivity index (χ3v) is 5.02. The molecule has 142 valence electrons. The van der Waals surface area contributed by atoms with Gasteiger partial charge >= 0.3 is 0 Å². The van der Waals surface area contributed by atoms with Gasteiger partial charge in [-0.25, -0.2) is 4.98 Å². The molecule has 3 heterocycles. The number of nitrogens with zero attached hydrogens (tertiary/aromatic N) is 3. The van der Waals surface area contributed by atoms with Crippen LogP contribution in [0.15, 0.2) is 60.9 Å². The van der Waals surface area contributed by atoms with Crippen LogP contribution in [0.5, 0.6) is 0 Å². The van der Waals surface area contributed by atoms with Crippen LogP contribution in [-0.2, 0) is 0 Å². The Bertz CT molecular complexity index is 960. The Morgan fingerprint density at radius 1 is 1.00 bits per heavy atom. The second-order valence-electron chi connectivity index (χ2n) is 7.13. The van der Waals surface area contributed by atoms with Crippen molar-refractivity contribution in [1.82, 2.24) is 15.3 Å². The maximum absolute atomic E-state index is 13.1. The summed E-state index contributed by atoms with van der Waals surface area (Å²) in [6.45, 7) is 5.85. The molecule has 0 aliphatic carbocycles. The lowest BCUT2D eigenvalue weighted by Gasteiger charge is -2.21. The molecule has 3 aromatic rings. The average Bonchev–Trinajstić information content (AvgIpc) is 3.04. The van der Waals surface area contributed by atoms with E-state index in [0.29, 0.717) is 11.3 Å². The quantitative estimate of drug-likeness (QED) is 0.711. The van der Waals surface area contributed by atoms with E-state index < -0.39 is 0 Å². The minimum atomic E-state index is -0.101. The highest BCUT2D eigenvalue weighted by molar-refractivity contribution is 6.08. The molecule has 0 radical (unpaired) electrons. The molecule has 1 saturated heterocycles. The topological polar surface area (TPSA) is 58.1 Å². The highest BCUT2D eigenvalue weighted by Gasteiger charge is 2.16. The van der Waals surface area contributed by atoms with Crippen LogP contribution >= 0.6 is 0 Å². The third-order valence-electron chi connectivity index (χ3n) is 5.02. The number of ketones is 1. The SMILES string of the molecule is Cc1ccc(-c2cncc(C(=O)c3cccc(N4CCCNCC4)n3)c2)cc1. The maximum Gasteiger partial charge on any atom is 0.212 e. The number of carbonyl (C=O) groups excluding carboxylic acids is 1. The van der Waals surface area contributed by atoms with Crippen LogP contribution in [0.3, 0.4) is 0 Å². The molecule has 2 aromatic heterocycles. The van der Waals surface area contributed by atoms with Gasteiger partial charge in [0.25, 0.3) is 0 Å². The van der Waals surface area contributed by atoms with E-state index >= 15 is 0 Å². The number of carbonyl (C=O) groups is 1. The minimum Gasteiger partial charge on any atom is -0.355 e. The molecule has 0 unspecified atom stereocenters. The average molecular weight is 372 g/mol. The summed E-state index contributed by atoms with van der Waals surface area (Å²) in [4.78, 5) is 24.2. The zero-order valence-electron chi connectivity index (χ0n) is 16.1. The molecular weight excluding hydrogens is 348 g/mol. The molecule has 1 fully saturated rings. The van der Waals surface area contributed by atoms with Gasteiger partial charge in [-0.3, -0.25) is 9.78 Å². The van der Waals surface area contributed by atoms with Crippen LogP contribution < -0.4 is 10.2 Å². The van der Waals surface area contributed by atoms with Crippen LogP contribution in [-0.4, -0.2) is 41.9 Å². The normalized spacial score (nSPS) is 14.5. The molecule has 1 aliphatic rings. The number of hydrogen-bond donors (Lipinski definition) is 1. The van der Waals surface area contributed by atoms with Crippen LogP contribution in [0.25, 0.3) is 11.1 Å². The summed E-state index contributed by atoms with van der Waals surface area (Å²) in [6.07, 6.45) is 4.47. The van der Waals surface area contributed by atoms with E-state index in [1.807, 2.05) is 30.3 Å². The number of hydrogen-bond acceptors (Lipinski definition) is 5. The third kappa shape index (κ3) is 4.10. The van der Waals surface area contributed by atoms with E-state index in [-0.39, 0.29) is 5.78 Å². The number of aromatic nitrogens is 2. The molecule has 0 bridgehead atoms. The van der Waals surface area contributed by atoms with Crippen molar-refractivity contribution < 1.29 is 4.79 Å². The predicted molar refractivity (Wildman–Crippen MR) is 112 cm³/mol. The Balaban J connectivity index is 1.60. The standard InChI is InChI=1S/C23H24N4O/c1-17-6-8-18(9-7-17)19-14-20(16-25-15-19)23(28)21-4-2-5-22(26-21)27-12-3-10-24-11-13-27/h2,4-9,14-16,24H,3,10-13H2,1H3. The molecule has 0 saturated carbocycles. The van der Waals surface area contributed by atoms with Crippen molar-refractivity contribution in [2.75, 3.05) is 31.1 Å². The molecule has 1 aliphatic heterocycles. The lowest BCUT2D eigenvalue weighted by molar-refractivity contribution is 0.103. The highest BCUT2D eigenvalue weighted by atomic mass is 16.1. The first kappa shape index (κ1) is 18.3. The van der Waals surface area contributed by atoms with Crippen LogP contribution in [0.1, 0.15) is 28.0 Å². The van der Waals surface area contributed by atoms with E-state index in [2.05, 4.69) is 39.2 Å².